The molecule has 1 aromatic rings. The van der Waals surface area contributed by atoms with Crippen LogP contribution in [-0.4, -0.2) is 29.2 Å². The van der Waals surface area contributed by atoms with Crippen molar-refractivity contribution in [2.75, 3.05) is 13.6 Å². The van der Waals surface area contributed by atoms with Gasteiger partial charge in [0.2, 0.25) is 0 Å². The summed E-state index contributed by atoms with van der Waals surface area (Å²) in [5.41, 5.74) is 2.03. The Morgan fingerprint density at radius 2 is 1.78 bits per heavy atom. The average Bonchev–Trinajstić information content (AvgIpc) is 2.35. The average molecular weight is 312 g/mol. The monoisotopic (exact) mass is 311 g/mol. The second-order valence-corrected chi connectivity index (χ2v) is 6.64. The van der Waals surface area contributed by atoms with E-state index in [1.54, 1.807) is 4.90 Å². The third-order valence-electron chi connectivity index (χ3n) is 3.03. The molecule has 1 atom stereocenters. The lowest BCUT2D eigenvalue weighted by atomic mass is 10.0. The predicted octanol–water partition coefficient (Wildman–Crippen LogP) is 4.06. The van der Waals surface area contributed by atoms with Crippen molar-refractivity contribution < 1.29 is 4.79 Å². The van der Waals surface area contributed by atoms with Gasteiger partial charge in [-0.3, -0.25) is 4.79 Å². The summed E-state index contributed by atoms with van der Waals surface area (Å²) < 4.78 is 0. The number of alkyl halides is 1. The highest BCUT2D eigenvalue weighted by Crippen LogP contribution is 2.15. The van der Waals surface area contributed by atoms with Crippen LogP contribution in [0.2, 0.25) is 0 Å². The van der Waals surface area contributed by atoms with E-state index in [1.807, 2.05) is 31.3 Å². The Morgan fingerprint density at radius 1 is 1.22 bits per heavy atom. The van der Waals surface area contributed by atoms with Crippen LogP contribution in [0.4, 0.5) is 0 Å². The van der Waals surface area contributed by atoms with Crippen molar-refractivity contribution in [1.82, 2.24) is 4.90 Å². The zero-order valence-corrected chi connectivity index (χ0v) is 13.2. The van der Waals surface area contributed by atoms with Crippen molar-refractivity contribution in [3.05, 3.63) is 35.4 Å². The summed E-state index contributed by atoms with van der Waals surface area (Å²) in [5.74, 6) is 0.597. The Bertz CT molecular complexity index is 384. The molecule has 3 heteroatoms. The Hall–Kier alpha value is -0.830. The maximum Gasteiger partial charge on any atom is 0.253 e. The molecular weight excluding hydrogens is 290 g/mol. The van der Waals surface area contributed by atoms with E-state index in [0.717, 1.165) is 18.5 Å². The summed E-state index contributed by atoms with van der Waals surface area (Å²) in [5, 5.41) is 0. The first-order valence-corrected chi connectivity index (χ1v) is 7.33. The highest BCUT2D eigenvalue weighted by Gasteiger charge is 2.12. The molecule has 0 heterocycles. The minimum Gasteiger partial charge on any atom is -0.342 e. The molecule has 100 valence electrons. The van der Waals surface area contributed by atoms with Gasteiger partial charge in [0.15, 0.2) is 0 Å². The number of hydrogen-bond donors (Lipinski definition) is 0. The van der Waals surface area contributed by atoms with Crippen LogP contribution in [0.15, 0.2) is 24.3 Å². The molecule has 1 aromatic carbocycles. The third kappa shape index (κ3) is 4.45. The zero-order chi connectivity index (χ0) is 13.7. The predicted molar refractivity (Wildman–Crippen MR) is 80.5 cm³/mol. The number of amides is 1. The molecule has 1 unspecified atom stereocenters. The van der Waals surface area contributed by atoms with Crippen molar-refractivity contribution in [3.8, 4) is 0 Å². The summed E-state index contributed by atoms with van der Waals surface area (Å²) in [6.45, 7) is 7.17. The van der Waals surface area contributed by atoms with Crippen LogP contribution < -0.4 is 0 Å². The minimum absolute atomic E-state index is 0.0958. The Labute approximate surface area is 119 Å². The van der Waals surface area contributed by atoms with Gasteiger partial charge in [-0.05, 0) is 30.0 Å². The fourth-order valence-electron chi connectivity index (χ4n) is 1.70. The topological polar surface area (TPSA) is 20.3 Å². The SMILES string of the molecule is CC(Br)CCN(C)C(=O)c1ccc(C(C)C)cc1. The third-order valence-corrected chi connectivity index (χ3v) is 3.49. The van der Waals surface area contributed by atoms with Crippen LogP contribution in [-0.2, 0) is 0 Å². The largest absolute Gasteiger partial charge is 0.342 e. The smallest absolute Gasteiger partial charge is 0.253 e. The lowest BCUT2D eigenvalue weighted by Crippen LogP contribution is -2.28. The van der Waals surface area contributed by atoms with Crippen molar-refractivity contribution in [1.29, 1.82) is 0 Å². The number of rotatable bonds is 5. The summed E-state index contributed by atoms with van der Waals surface area (Å²) in [4.78, 5) is 14.4. The molecule has 0 aliphatic carbocycles. The second kappa shape index (κ2) is 6.93. The van der Waals surface area contributed by atoms with E-state index in [1.165, 1.54) is 5.56 Å². The molecule has 1 amide bonds. The van der Waals surface area contributed by atoms with Gasteiger partial charge in [-0.15, -0.1) is 0 Å². The van der Waals surface area contributed by atoms with Crippen molar-refractivity contribution in [2.45, 2.75) is 37.9 Å². The van der Waals surface area contributed by atoms with E-state index >= 15 is 0 Å². The van der Waals surface area contributed by atoms with E-state index in [4.69, 9.17) is 0 Å². The molecule has 0 radical (unpaired) electrons. The van der Waals surface area contributed by atoms with Crippen LogP contribution in [0.5, 0.6) is 0 Å². The first-order valence-electron chi connectivity index (χ1n) is 6.41. The van der Waals surface area contributed by atoms with Crippen molar-refractivity contribution in [3.63, 3.8) is 0 Å². The van der Waals surface area contributed by atoms with Crippen LogP contribution >= 0.6 is 15.9 Å². The molecule has 0 aromatic heterocycles. The number of nitrogens with zero attached hydrogens (tertiary/aromatic N) is 1. The highest BCUT2D eigenvalue weighted by atomic mass is 79.9. The van der Waals surface area contributed by atoms with Gasteiger partial charge in [-0.2, -0.15) is 0 Å². The number of halogens is 1. The Balaban J connectivity index is 2.66. The van der Waals surface area contributed by atoms with Crippen molar-refractivity contribution in [2.24, 2.45) is 0 Å². The maximum atomic E-state index is 12.1. The van der Waals surface area contributed by atoms with E-state index in [0.29, 0.717) is 10.7 Å². The Morgan fingerprint density at radius 3 is 2.22 bits per heavy atom. The number of carbonyl (C=O) groups excluding carboxylic acids is 1. The van der Waals surface area contributed by atoms with Crippen LogP contribution in [0.1, 0.15) is 49.0 Å². The second-order valence-electron chi connectivity index (χ2n) is 5.07. The van der Waals surface area contributed by atoms with Crippen molar-refractivity contribution >= 4 is 21.8 Å². The Kier molecular flexibility index (Phi) is 5.86. The summed E-state index contributed by atoms with van der Waals surface area (Å²) in [7, 11) is 1.86. The van der Waals surface area contributed by atoms with Crippen LogP contribution in [0.25, 0.3) is 0 Å². The lowest BCUT2D eigenvalue weighted by molar-refractivity contribution is 0.0794. The number of carbonyl (C=O) groups is 1. The molecule has 0 bridgehead atoms. The van der Waals surface area contributed by atoms with Gasteiger partial charge in [-0.25, -0.2) is 0 Å². The first-order chi connectivity index (χ1) is 8.41. The first kappa shape index (κ1) is 15.2. The van der Waals surface area contributed by atoms with E-state index < -0.39 is 0 Å². The van der Waals surface area contributed by atoms with Gasteiger partial charge in [0.05, 0.1) is 0 Å². The quantitative estimate of drug-likeness (QED) is 0.751. The van der Waals surface area contributed by atoms with Gasteiger partial charge in [-0.1, -0.05) is 48.8 Å². The summed E-state index contributed by atoms with van der Waals surface area (Å²) in [6.07, 6.45) is 0.965. The molecule has 1 rings (SSSR count). The highest BCUT2D eigenvalue weighted by molar-refractivity contribution is 9.09. The van der Waals surface area contributed by atoms with Gasteiger partial charge >= 0.3 is 0 Å². The molecule has 0 spiro atoms. The normalized spacial score (nSPS) is 12.6. The van der Waals surface area contributed by atoms with E-state index in [2.05, 4.69) is 36.7 Å². The van der Waals surface area contributed by atoms with Gasteiger partial charge < -0.3 is 4.90 Å². The van der Waals surface area contributed by atoms with Gasteiger partial charge in [0.1, 0.15) is 0 Å². The molecule has 0 N–H and O–H groups in total. The van der Waals surface area contributed by atoms with Crippen LogP contribution in [0.3, 0.4) is 0 Å². The van der Waals surface area contributed by atoms with Gasteiger partial charge in [0, 0.05) is 24.0 Å². The molecule has 0 saturated heterocycles. The minimum atomic E-state index is 0.0958. The van der Waals surface area contributed by atoms with Gasteiger partial charge in [0.25, 0.3) is 5.91 Å². The maximum absolute atomic E-state index is 12.1. The molecule has 0 aliphatic heterocycles. The summed E-state index contributed by atoms with van der Waals surface area (Å²) >= 11 is 3.50. The zero-order valence-electron chi connectivity index (χ0n) is 11.6. The van der Waals surface area contributed by atoms with Crippen LogP contribution in [0, 0.1) is 0 Å². The van der Waals surface area contributed by atoms with E-state index in [-0.39, 0.29) is 5.91 Å². The number of hydrogen-bond acceptors (Lipinski definition) is 1. The number of benzene rings is 1. The molecular formula is C15H22BrNO. The lowest BCUT2D eigenvalue weighted by Gasteiger charge is -2.18. The van der Waals surface area contributed by atoms with E-state index in [9.17, 15) is 4.79 Å². The molecule has 0 saturated carbocycles. The molecule has 18 heavy (non-hydrogen) atoms. The molecule has 0 aliphatic rings. The fourth-order valence-corrected chi connectivity index (χ4v) is 1.91. The molecule has 0 fully saturated rings. The summed E-state index contributed by atoms with van der Waals surface area (Å²) in [6, 6.07) is 7.93. The molecule has 2 nitrogen and oxygen atoms in total. The fraction of sp³-hybridized carbons (Fsp3) is 0.533. The standard InChI is InChI=1S/C15H22BrNO/c1-11(2)13-5-7-14(8-6-13)15(18)17(4)10-9-12(3)16/h5-8,11-12H,9-10H2,1-4H3.